The second kappa shape index (κ2) is 5.53. The molecule has 0 aliphatic carbocycles. The number of hydrogen-bond acceptors (Lipinski definition) is 4. The molecule has 1 aromatic heterocycles. The number of carbonyl (C=O) groups excluding carboxylic acids is 1. The van der Waals surface area contributed by atoms with E-state index in [1.54, 1.807) is 25.9 Å². The van der Waals surface area contributed by atoms with Gasteiger partial charge in [-0.25, -0.2) is 4.68 Å². The zero-order chi connectivity index (χ0) is 15.7. The Bertz CT molecular complexity index is 660. The molecule has 0 unspecified atom stereocenters. The first-order valence-electron chi connectivity index (χ1n) is 7.33. The molecule has 6 nitrogen and oxygen atoms in total. The second-order valence-electron chi connectivity index (χ2n) is 6.03. The van der Waals surface area contributed by atoms with Crippen LogP contribution in [0.5, 0.6) is 0 Å². The maximum absolute atomic E-state index is 12.2. The number of benzene rings is 1. The predicted octanol–water partition coefficient (Wildman–Crippen LogP) is 1.75. The molecule has 1 aromatic carbocycles. The van der Waals surface area contributed by atoms with E-state index in [1.807, 2.05) is 41.2 Å². The molecular weight excluding hydrogens is 280 g/mol. The van der Waals surface area contributed by atoms with E-state index in [0.717, 1.165) is 11.3 Å². The first kappa shape index (κ1) is 14.7. The summed E-state index contributed by atoms with van der Waals surface area (Å²) >= 11 is 0. The Hall–Kier alpha value is -2.21. The lowest BCUT2D eigenvalue weighted by Gasteiger charge is -2.42. The Morgan fingerprint density at radius 3 is 2.59 bits per heavy atom. The Kier molecular flexibility index (Phi) is 3.70. The molecule has 1 saturated heterocycles. The van der Waals surface area contributed by atoms with Crippen LogP contribution in [0.4, 0.5) is 0 Å². The third kappa shape index (κ3) is 2.62. The summed E-state index contributed by atoms with van der Waals surface area (Å²) in [5.74, 6) is 0.00893. The summed E-state index contributed by atoms with van der Waals surface area (Å²) in [6.45, 7) is 4.85. The second-order valence-corrected chi connectivity index (χ2v) is 6.03. The standard InChI is InChI=1S/C16H20N4O2/c1-16(2,22-3)15(21)19-9-13(10-19)20-11-14(17-18-20)12-7-5-4-6-8-12/h4-8,11,13H,9-10H2,1-3H3. The van der Waals surface area contributed by atoms with Gasteiger partial charge in [-0.15, -0.1) is 5.10 Å². The lowest BCUT2D eigenvalue weighted by Crippen LogP contribution is -2.57. The molecule has 0 atom stereocenters. The van der Waals surface area contributed by atoms with E-state index in [-0.39, 0.29) is 11.9 Å². The van der Waals surface area contributed by atoms with Crippen LogP contribution < -0.4 is 0 Å². The van der Waals surface area contributed by atoms with Crippen LogP contribution in [0, 0.1) is 0 Å². The first-order chi connectivity index (χ1) is 10.5. The van der Waals surface area contributed by atoms with E-state index in [4.69, 9.17) is 4.74 Å². The number of likely N-dealkylation sites (tertiary alicyclic amines) is 1. The molecule has 2 aromatic rings. The van der Waals surface area contributed by atoms with Gasteiger partial charge in [-0.3, -0.25) is 4.79 Å². The van der Waals surface area contributed by atoms with Crippen LogP contribution in [0.15, 0.2) is 36.5 Å². The van der Waals surface area contributed by atoms with Gasteiger partial charge in [0.05, 0.1) is 12.2 Å². The van der Waals surface area contributed by atoms with Crippen molar-refractivity contribution in [1.29, 1.82) is 0 Å². The van der Waals surface area contributed by atoms with Gasteiger partial charge in [0.15, 0.2) is 0 Å². The third-order valence-electron chi connectivity index (χ3n) is 4.13. The van der Waals surface area contributed by atoms with Crippen LogP contribution in [0.2, 0.25) is 0 Å². The summed E-state index contributed by atoms with van der Waals surface area (Å²) in [4.78, 5) is 14.0. The molecule has 0 bridgehead atoms. The van der Waals surface area contributed by atoms with Crippen molar-refractivity contribution in [3.8, 4) is 11.3 Å². The van der Waals surface area contributed by atoms with Gasteiger partial charge in [0, 0.05) is 25.8 Å². The molecule has 1 amide bonds. The molecular formula is C16H20N4O2. The first-order valence-corrected chi connectivity index (χ1v) is 7.33. The Balaban J connectivity index is 1.65. The van der Waals surface area contributed by atoms with Crippen molar-refractivity contribution in [1.82, 2.24) is 19.9 Å². The van der Waals surface area contributed by atoms with Crippen LogP contribution in [0.3, 0.4) is 0 Å². The fourth-order valence-electron chi connectivity index (χ4n) is 2.45. The molecule has 0 radical (unpaired) electrons. The van der Waals surface area contributed by atoms with E-state index in [9.17, 15) is 4.79 Å². The Morgan fingerprint density at radius 1 is 1.27 bits per heavy atom. The zero-order valence-electron chi connectivity index (χ0n) is 13.1. The van der Waals surface area contributed by atoms with Gasteiger partial charge >= 0.3 is 0 Å². The van der Waals surface area contributed by atoms with Crippen molar-refractivity contribution in [2.24, 2.45) is 0 Å². The van der Waals surface area contributed by atoms with Crippen molar-refractivity contribution in [2.75, 3.05) is 20.2 Å². The summed E-state index contributed by atoms with van der Waals surface area (Å²) < 4.78 is 7.07. The predicted molar refractivity (Wildman–Crippen MR) is 82.2 cm³/mol. The number of carbonyl (C=O) groups is 1. The smallest absolute Gasteiger partial charge is 0.254 e. The van der Waals surface area contributed by atoms with Crippen molar-refractivity contribution >= 4 is 5.91 Å². The number of amides is 1. The van der Waals surface area contributed by atoms with E-state index >= 15 is 0 Å². The van der Waals surface area contributed by atoms with Gasteiger partial charge in [0.2, 0.25) is 0 Å². The largest absolute Gasteiger partial charge is 0.369 e. The molecule has 1 aliphatic heterocycles. The van der Waals surface area contributed by atoms with Crippen molar-refractivity contribution in [2.45, 2.75) is 25.5 Å². The highest BCUT2D eigenvalue weighted by Gasteiger charge is 2.40. The highest BCUT2D eigenvalue weighted by molar-refractivity contribution is 5.85. The van der Waals surface area contributed by atoms with E-state index in [2.05, 4.69) is 10.3 Å². The highest BCUT2D eigenvalue weighted by Crippen LogP contribution is 2.26. The fourth-order valence-corrected chi connectivity index (χ4v) is 2.45. The van der Waals surface area contributed by atoms with Gasteiger partial charge in [-0.2, -0.15) is 0 Å². The third-order valence-corrected chi connectivity index (χ3v) is 4.13. The fraction of sp³-hybridized carbons (Fsp3) is 0.438. The number of hydrogen-bond donors (Lipinski definition) is 0. The summed E-state index contributed by atoms with van der Waals surface area (Å²) in [7, 11) is 1.55. The van der Waals surface area contributed by atoms with Gasteiger partial charge in [-0.1, -0.05) is 35.5 Å². The summed E-state index contributed by atoms with van der Waals surface area (Å²) in [5, 5.41) is 8.40. The van der Waals surface area contributed by atoms with Crippen LogP contribution >= 0.6 is 0 Å². The quantitative estimate of drug-likeness (QED) is 0.863. The van der Waals surface area contributed by atoms with E-state index in [1.165, 1.54) is 0 Å². The lowest BCUT2D eigenvalue weighted by molar-refractivity contribution is -0.157. The highest BCUT2D eigenvalue weighted by atomic mass is 16.5. The number of aromatic nitrogens is 3. The number of methoxy groups -OCH3 is 1. The normalized spacial score (nSPS) is 15.7. The maximum Gasteiger partial charge on any atom is 0.254 e. The number of ether oxygens (including phenoxy) is 1. The molecule has 1 aliphatic rings. The van der Waals surface area contributed by atoms with Crippen LogP contribution in [0.25, 0.3) is 11.3 Å². The molecule has 2 heterocycles. The molecule has 0 spiro atoms. The van der Waals surface area contributed by atoms with Gasteiger partial charge in [0.1, 0.15) is 11.3 Å². The molecule has 116 valence electrons. The SMILES string of the molecule is COC(C)(C)C(=O)N1CC(n2cc(-c3ccccc3)nn2)C1. The van der Waals surface area contributed by atoms with Gasteiger partial charge in [0.25, 0.3) is 5.91 Å². The van der Waals surface area contributed by atoms with E-state index < -0.39 is 5.60 Å². The molecule has 6 heteroatoms. The van der Waals surface area contributed by atoms with Gasteiger partial charge in [-0.05, 0) is 13.8 Å². The molecule has 0 N–H and O–H groups in total. The van der Waals surface area contributed by atoms with Crippen LogP contribution in [-0.4, -0.2) is 51.6 Å². The van der Waals surface area contributed by atoms with E-state index in [0.29, 0.717) is 13.1 Å². The zero-order valence-corrected chi connectivity index (χ0v) is 13.1. The Labute approximate surface area is 129 Å². The van der Waals surface area contributed by atoms with Crippen LogP contribution in [-0.2, 0) is 9.53 Å². The van der Waals surface area contributed by atoms with Crippen LogP contribution in [0.1, 0.15) is 19.9 Å². The number of rotatable bonds is 4. The number of nitrogens with zero attached hydrogens (tertiary/aromatic N) is 4. The van der Waals surface area contributed by atoms with Crippen molar-refractivity contribution in [3.05, 3.63) is 36.5 Å². The minimum atomic E-state index is -0.775. The molecule has 3 rings (SSSR count). The summed E-state index contributed by atoms with van der Waals surface area (Å²) in [5.41, 5.74) is 1.12. The average molecular weight is 300 g/mol. The minimum absolute atomic E-state index is 0.00893. The van der Waals surface area contributed by atoms with Gasteiger partial charge < -0.3 is 9.64 Å². The minimum Gasteiger partial charge on any atom is -0.369 e. The lowest BCUT2D eigenvalue weighted by atomic mass is 10.0. The molecule has 1 fully saturated rings. The van der Waals surface area contributed by atoms with Crippen molar-refractivity contribution in [3.63, 3.8) is 0 Å². The summed E-state index contributed by atoms with van der Waals surface area (Å²) in [6, 6.07) is 10.1. The summed E-state index contributed by atoms with van der Waals surface area (Å²) in [6.07, 6.45) is 1.93. The topological polar surface area (TPSA) is 60.2 Å². The average Bonchev–Trinajstić information content (AvgIpc) is 2.96. The maximum atomic E-state index is 12.2. The Morgan fingerprint density at radius 2 is 1.95 bits per heavy atom. The van der Waals surface area contributed by atoms with Crippen molar-refractivity contribution < 1.29 is 9.53 Å². The molecule has 22 heavy (non-hydrogen) atoms. The molecule has 0 saturated carbocycles. The monoisotopic (exact) mass is 300 g/mol.